The first-order valence-electron chi connectivity index (χ1n) is 3.59. The Morgan fingerprint density at radius 1 is 1.64 bits per heavy atom. The van der Waals surface area contributed by atoms with Crippen LogP contribution in [-0.2, 0) is 11.8 Å². The number of carboxylic acids is 1. The Balaban J connectivity index is 0.00000169. The van der Waals surface area contributed by atoms with Crippen LogP contribution in [0.2, 0.25) is 0 Å². The van der Waals surface area contributed by atoms with Gasteiger partial charge in [0, 0.05) is 13.2 Å². The van der Waals surface area contributed by atoms with Gasteiger partial charge in [0.05, 0.1) is 0 Å². The van der Waals surface area contributed by atoms with Gasteiger partial charge in [-0.2, -0.15) is 5.10 Å². The van der Waals surface area contributed by atoms with E-state index in [-0.39, 0.29) is 25.4 Å². The maximum absolute atomic E-state index is 11.2. The first-order valence-corrected chi connectivity index (χ1v) is 3.59. The van der Waals surface area contributed by atoms with Crippen molar-refractivity contribution in [3.05, 3.63) is 18.0 Å². The molecule has 1 heterocycles. The average Bonchev–Trinajstić information content (AvgIpc) is 2.47. The Morgan fingerprint density at radius 2 is 2.29 bits per heavy atom. The molecule has 0 atom stereocenters. The second kappa shape index (κ2) is 5.47. The number of carbonyl (C=O) groups is 2. The quantitative estimate of drug-likeness (QED) is 0.574. The van der Waals surface area contributed by atoms with E-state index in [0.29, 0.717) is 5.69 Å². The third-order valence-corrected chi connectivity index (χ3v) is 1.45. The minimum absolute atomic E-state index is 0. The van der Waals surface area contributed by atoms with Gasteiger partial charge in [0.1, 0.15) is 12.2 Å². The zero-order valence-corrected chi connectivity index (χ0v) is 7.02. The number of carbonyl (C=O) groups excluding carboxylic acids is 1. The molecule has 1 aromatic heterocycles. The molecule has 0 saturated carbocycles. The number of amides is 1. The van der Waals surface area contributed by atoms with Gasteiger partial charge in [0.25, 0.3) is 5.91 Å². The summed E-state index contributed by atoms with van der Waals surface area (Å²) in [5.41, 5.74) is 0.334. The molecule has 0 aliphatic rings. The summed E-state index contributed by atoms with van der Waals surface area (Å²) in [5.74, 6) is -1.52. The molecule has 0 radical (unpaired) electrons. The predicted molar refractivity (Wildman–Crippen MR) is 50.3 cm³/mol. The van der Waals surface area contributed by atoms with Gasteiger partial charge in [-0.3, -0.25) is 14.3 Å². The summed E-state index contributed by atoms with van der Waals surface area (Å²) in [5, 5.41) is 14.3. The van der Waals surface area contributed by atoms with E-state index in [9.17, 15) is 9.59 Å². The normalized spacial score (nSPS) is 8.93. The van der Waals surface area contributed by atoms with Crippen LogP contribution in [0.15, 0.2) is 12.3 Å². The van der Waals surface area contributed by atoms with E-state index >= 15 is 0 Å². The van der Waals surface area contributed by atoms with Crippen LogP contribution < -0.4 is 5.32 Å². The SMILES string of the molecule is Cn1nccc1C(=O)NCC(=O)O.[LiH]. The van der Waals surface area contributed by atoms with Crippen LogP contribution >= 0.6 is 0 Å². The molecule has 7 heteroatoms. The number of nitrogens with zero attached hydrogens (tertiary/aromatic N) is 2. The van der Waals surface area contributed by atoms with Gasteiger partial charge in [0.15, 0.2) is 0 Å². The van der Waals surface area contributed by atoms with Crippen LogP contribution in [0.3, 0.4) is 0 Å². The van der Waals surface area contributed by atoms with E-state index in [1.165, 1.54) is 16.9 Å². The molecule has 0 saturated heterocycles. The summed E-state index contributed by atoms with van der Waals surface area (Å²) >= 11 is 0. The van der Waals surface area contributed by atoms with Crippen molar-refractivity contribution in [1.82, 2.24) is 15.1 Å². The van der Waals surface area contributed by atoms with Crippen LogP contribution in [0, 0.1) is 0 Å². The molecule has 6 nitrogen and oxygen atoms in total. The fourth-order valence-electron chi connectivity index (χ4n) is 0.843. The number of hydrogen-bond acceptors (Lipinski definition) is 3. The number of nitrogens with one attached hydrogen (secondary N) is 1. The molecule has 1 rings (SSSR count). The fourth-order valence-corrected chi connectivity index (χ4v) is 0.843. The molecule has 14 heavy (non-hydrogen) atoms. The van der Waals surface area contributed by atoms with Crippen molar-refractivity contribution in [2.45, 2.75) is 0 Å². The van der Waals surface area contributed by atoms with Crippen molar-refractivity contribution in [1.29, 1.82) is 0 Å². The van der Waals surface area contributed by atoms with Crippen LogP contribution in [0.5, 0.6) is 0 Å². The second-order valence-corrected chi connectivity index (χ2v) is 2.42. The Labute approximate surface area is 92.5 Å². The van der Waals surface area contributed by atoms with Crippen molar-refractivity contribution in [2.24, 2.45) is 7.05 Å². The van der Waals surface area contributed by atoms with Crippen LogP contribution in [0.25, 0.3) is 0 Å². The number of hydrogen-bond donors (Lipinski definition) is 2. The van der Waals surface area contributed by atoms with Gasteiger partial charge >= 0.3 is 24.8 Å². The topological polar surface area (TPSA) is 84.2 Å². The van der Waals surface area contributed by atoms with Crippen molar-refractivity contribution in [3.63, 3.8) is 0 Å². The summed E-state index contributed by atoms with van der Waals surface area (Å²) in [4.78, 5) is 21.3. The monoisotopic (exact) mass is 191 g/mol. The van der Waals surface area contributed by atoms with Gasteiger partial charge in [-0.1, -0.05) is 0 Å². The molecule has 0 aliphatic heterocycles. The van der Waals surface area contributed by atoms with Gasteiger partial charge in [0.2, 0.25) is 0 Å². The van der Waals surface area contributed by atoms with E-state index in [1.54, 1.807) is 7.05 Å². The summed E-state index contributed by atoms with van der Waals surface area (Å²) < 4.78 is 1.37. The van der Waals surface area contributed by atoms with E-state index in [1.807, 2.05) is 0 Å². The molecule has 0 spiro atoms. The first kappa shape index (κ1) is 12.7. The maximum atomic E-state index is 11.2. The number of aryl methyl sites for hydroxylation is 1. The Morgan fingerprint density at radius 3 is 2.71 bits per heavy atom. The molecule has 2 N–H and O–H groups in total. The molecule has 0 aliphatic carbocycles. The van der Waals surface area contributed by atoms with Gasteiger partial charge in [-0.15, -0.1) is 0 Å². The third kappa shape index (κ3) is 3.24. The molecule has 0 fully saturated rings. The van der Waals surface area contributed by atoms with Crippen LogP contribution in [0.4, 0.5) is 0 Å². The van der Waals surface area contributed by atoms with Crippen LogP contribution in [0.1, 0.15) is 10.5 Å². The number of carboxylic acid groups (broad SMARTS) is 1. The van der Waals surface area contributed by atoms with E-state index in [4.69, 9.17) is 5.11 Å². The molecule has 1 aromatic rings. The average molecular weight is 191 g/mol. The van der Waals surface area contributed by atoms with Crippen LogP contribution in [-0.4, -0.2) is 52.2 Å². The minimum atomic E-state index is -1.07. The number of rotatable bonds is 3. The van der Waals surface area contributed by atoms with E-state index in [0.717, 1.165) is 0 Å². The number of aromatic nitrogens is 2. The molecule has 0 bridgehead atoms. The second-order valence-electron chi connectivity index (χ2n) is 2.42. The van der Waals surface area contributed by atoms with Crippen molar-refractivity contribution in [2.75, 3.05) is 6.54 Å². The molecule has 72 valence electrons. The van der Waals surface area contributed by atoms with E-state index in [2.05, 4.69) is 10.4 Å². The Bertz CT molecular complexity index is 337. The first-order chi connectivity index (χ1) is 6.11. The van der Waals surface area contributed by atoms with Crippen molar-refractivity contribution < 1.29 is 14.7 Å². The predicted octanol–water partition coefficient (Wildman–Crippen LogP) is -1.41. The third-order valence-electron chi connectivity index (χ3n) is 1.45. The van der Waals surface area contributed by atoms with E-state index < -0.39 is 11.9 Å². The molecular formula is C7H10LiN3O3. The van der Waals surface area contributed by atoms with Gasteiger partial charge in [-0.05, 0) is 6.07 Å². The van der Waals surface area contributed by atoms with Crippen molar-refractivity contribution >= 4 is 30.7 Å². The summed E-state index contributed by atoms with van der Waals surface area (Å²) in [6.45, 7) is -0.385. The zero-order chi connectivity index (χ0) is 9.84. The standard InChI is InChI=1S/C7H9N3O3.Li.H/c1-10-5(2-3-9-10)7(13)8-4-6(11)12;;/h2-3H,4H2,1H3,(H,8,13)(H,11,12);;. The molecule has 1 amide bonds. The van der Waals surface area contributed by atoms with Crippen molar-refractivity contribution in [3.8, 4) is 0 Å². The molecular weight excluding hydrogens is 181 g/mol. The summed E-state index contributed by atoms with van der Waals surface area (Å²) in [6, 6.07) is 1.51. The zero-order valence-electron chi connectivity index (χ0n) is 7.02. The fraction of sp³-hybridized carbons (Fsp3) is 0.286. The molecule has 0 aromatic carbocycles. The summed E-state index contributed by atoms with van der Waals surface area (Å²) in [6.07, 6.45) is 1.47. The Hall–Kier alpha value is -1.25. The van der Waals surface area contributed by atoms with Gasteiger partial charge in [-0.25, -0.2) is 0 Å². The number of aliphatic carboxylic acids is 1. The Kier molecular flexibility index (Phi) is 4.98. The summed E-state index contributed by atoms with van der Waals surface area (Å²) in [7, 11) is 1.61. The molecule has 0 unspecified atom stereocenters. The van der Waals surface area contributed by atoms with Gasteiger partial charge < -0.3 is 10.4 Å².